The zero-order valence-corrected chi connectivity index (χ0v) is 6.45. The van der Waals surface area contributed by atoms with Crippen LogP contribution in [0.5, 0.6) is 0 Å². The smallest absolute Gasteiger partial charge is 0.384 e. The highest BCUT2D eigenvalue weighted by atomic mass is 35.5. The molecular weight excluding hydrogens is 193 g/mol. The molecule has 0 saturated heterocycles. The van der Waals surface area contributed by atoms with Crippen LogP contribution >= 0.6 is 11.6 Å². The number of aromatic nitrogens is 1. The molecule has 0 atom stereocenters. The van der Waals surface area contributed by atoms with E-state index in [0.29, 0.717) is 6.07 Å². The summed E-state index contributed by atoms with van der Waals surface area (Å²) in [6, 6.07) is 0.697. The van der Waals surface area contributed by atoms with Crippen molar-refractivity contribution in [3.05, 3.63) is 22.8 Å². The molecule has 0 unspecified atom stereocenters. The molecule has 0 saturated carbocycles. The number of halogens is 4. The highest BCUT2D eigenvalue weighted by Crippen LogP contribution is 2.34. The van der Waals surface area contributed by atoms with Gasteiger partial charge < -0.3 is 5.73 Å². The van der Waals surface area contributed by atoms with Gasteiger partial charge in [0.05, 0.1) is 10.6 Å². The lowest BCUT2D eigenvalue weighted by Crippen LogP contribution is -2.07. The van der Waals surface area contributed by atoms with Gasteiger partial charge in [-0.2, -0.15) is 13.2 Å². The van der Waals surface area contributed by atoms with Gasteiger partial charge in [-0.15, -0.1) is 0 Å². The normalized spacial score (nSPS) is 11.7. The fraction of sp³-hybridized carbons (Fsp3) is 0.167. The van der Waals surface area contributed by atoms with Gasteiger partial charge in [0.25, 0.3) is 0 Å². The number of nitrogens with two attached hydrogens (primary N) is 1. The lowest BCUT2D eigenvalue weighted by atomic mass is 10.2. The van der Waals surface area contributed by atoms with E-state index in [-0.39, 0.29) is 5.82 Å². The van der Waals surface area contributed by atoms with E-state index >= 15 is 0 Å². The molecule has 1 rings (SSSR count). The summed E-state index contributed by atoms with van der Waals surface area (Å²) in [7, 11) is 0. The van der Waals surface area contributed by atoms with Gasteiger partial charge >= 0.3 is 6.18 Å². The Bertz CT molecular complexity index is 297. The summed E-state index contributed by atoms with van der Waals surface area (Å²) in [5, 5.41) is -0.447. The second kappa shape index (κ2) is 2.82. The van der Waals surface area contributed by atoms with Crippen molar-refractivity contribution in [2.24, 2.45) is 0 Å². The molecule has 2 nitrogen and oxygen atoms in total. The highest BCUT2D eigenvalue weighted by molar-refractivity contribution is 6.31. The van der Waals surface area contributed by atoms with Crippen molar-refractivity contribution in [1.82, 2.24) is 4.98 Å². The van der Waals surface area contributed by atoms with Crippen molar-refractivity contribution in [2.45, 2.75) is 6.18 Å². The van der Waals surface area contributed by atoms with Gasteiger partial charge in [-0.25, -0.2) is 4.98 Å². The standard InChI is InChI=1S/C6H4ClF3N2/c7-4-2-12-5(11)1-3(4)6(8,9)10/h1-2H,(H2,11,12). The molecule has 0 aromatic carbocycles. The van der Waals surface area contributed by atoms with Gasteiger partial charge in [-0.1, -0.05) is 11.6 Å². The molecule has 66 valence electrons. The van der Waals surface area contributed by atoms with Gasteiger partial charge in [-0.3, -0.25) is 0 Å². The summed E-state index contributed by atoms with van der Waals surface area (Å²) in [6.45, 7) is 0. The highest BCUT2D eigenvalue weighted by Gasteiger charge is 2.33. The van der Waals surface area contributed by atoms with Crippen molar-refractivity contribution < 1.29 is 13.2 Å². The number of nitrogens with zero attached hydrogens (tertiary/aromatic N) is 1. The van der Waals surface area contributed by atoms with Crippen LogP contribution < -0.4 is 5.73 Å². The van der Waals surface area contributed by atoms with Crippen LogP contribution in [0, 0.1) is 0 Å². The molecule has 1 aromatic heterocycles. The zero-order valence-electron chi connectivity index (χ0n) is 5.69. The molecule has 1 aromatic rings. The number of nitrogen functional groups attached to an aromatic ring is 1. The summed E-state index contributed by atoms with van der Waals surface area (Å²) >= 11 is 5.24. The van der Waals surface area contributed by atoms with Crippen LogP contribution in [0.15, 0.2) is 12.3 Å². The minimum absolute atomic E-state index is 0.202. The van der Waals surface area contributed by atoms with Crippen molar-refractivity contribution in [1.29, 1.82) is 0 Å². The lowest BCUT2D eigenvalue weighted by Gasteiger charge is -2.07. The largest absolute Gasteiger partial charge is 0.418 e. The first-order valence-corrected chi connectivity index (χ1v) is 3.27. The average Bonchev–Trinajstić information content (AvgIpc) is 1.92. The predicted octanol–water partition coefficient (Wildman–Crippen LogP) is 2.34. The Balaban J connectivity index is 3.23. The fourth-order valence-electron chi connectivity index (χ4n) is 0.672. The molecule has 1 heterocycles. The minimum atomic E-state index is -4.48. The maximum atomic E-state index is 12.1. The second-order valence-electron chi connectivity index (χ2n) is 2.09. The molecule has 0 aliphatic rings. The van der Waals surface area contributed by atoms with E-state index in [4.69, 9.17) is 17.3 Å². The summed E-state index contributed by atoms with van der Waals surface area (Å²) < 4.78 is 36.2. The lowest BCUT2D eigenvalue weighted by molar-refractivity contribution is -0.137. The van der Waals surface area contributed by atoms with Crippen LogP contribution in [-0.2, 0) is 6.18 Å². The van der Waals surface area contributed by atoms with Crippen molar-refractivity contribution in [3.8, 4) is 0 Å². The maximum absolute atomic E-state index is 12.1. The van der Waals surface area contributed by atoms with Crippen molar-refractivity contribution in [3.63, 3.8) is 0 Å². The van der Waals surface area contributed by atoms with Gasteiger partial charge in [0.1, 0.15) is 5.82 Å². The number of pyridine rings is 1. The molecule has 12 heavy (non-hydrogen) atoms. The number of hydrogen-bond donors (Lipinski definition) is 1. The Kier molecular flexibility index (Phi) is 2.14. The van der Waals surface area contributed by atoms with Crippen LogP contribution in [0.2, 0.25) is 5.02 Å². The van der Waals surface area contributed by atoms with E-state index in [1.807, 2.05) is 0 Å². The van der Waals surface area contributed by atoms with Crippen LogP contribution in [0.4, 0.5) is 19.0 Å². The van der Waals surface area contributed by atoms with E-state index in [0.717, 1.165) is 6.20 Å². The second-order valence-corrected chi connectivity index (χ2v) is 2.49. The van der Waals surface area contributed by atoms with E-state index < -0.39 is 16.8 Å². The number of hydrogen-bond acceptors (Lipinski definition) is 2. The van der Waals surface area contributed by atoms with Crippen LogP contribution in [0.3, 0.4) is 0 Å². The van der Waals surface area contributed by atoms with Crippen molar-refractivity contribution in [2.75, 3.05) is 5.73 Å². The first kappa shape index (κ1) is 9.12. The van der Waals surface area contributed by atoms with E-state index in [2.05, 4.69) is 4.98 Å². The minimum Gasteiger partial charge on any atom is -0.384 e. The summed E-state index contributed by atoms with van der Waals surface area (Å²) in [5.74, 6) is -0.202. The molecule has 6 heteroatoms. The van der Waals surface area contributed by atoms with E-state index in [1.54, 1.807) is 0 Å². The number of rotatable bonds is 0. The fourth-order valence-corrected chi connectivity index (χ4v) is 0.883. The Morgan fingerprint density at radius 3 is 2.42 bits per heavy atom. The average molecular weight is 197 g/mol. The Labute approximate surface area is 71.2 Å². The third-order valence-corrected chi connectivity index (χ3v) is 1.48. The Hall–Kier alpha value is -0.970. The van der Waals surface area contributed by atoms with E-state index in [9.17, 15) is 13.2 Å². The summed E-state index contributed by atoms with van der Waals surface area (Å²) in [6.07, 6.45) is -3.60. The Morgan fingerprint density at radius 1 is 1.42 bits per heavy atom. The summed E-state index contributed by atoms with van der Waals surface area (Å²) in [5.41, 5.74) is 4.09. The van der Waals surface area contributed by atoms with E-state index in [1.165, 1.54) is 0 Å². The molecule has 2 N–H and O–H groups in total. The molecule has 0 amide bonds. The number of alkyl halides is 3. The monoisotopic (exact) mass is 196 g/mol. The topological polar surface area (TPSA) is 38.9 Å². The third-order valence-electron chi connectivity index (χ3n) is 1.18. The third kappa shape index (κ3) is 1.79. The molecule has 0 fully saturated rings. The van der Waals surface area contributed by atoms with Gasteiger partial charge in [-0.05, 0) is 6.07 Å². The number of anilines is 1. The molecule has 0 radical (unpaired) electrons. The molecule has 0 spiro atoms. The maximum Gasteiger partial charge on any atom is 0.418 e. The van der Waals surface area contributed by atoms with Gasteiger partial charge in [0.2, 0.25) is 0 Å². The van der Waals surface area contributed by atoms with Crippen LogP contribution in [-0.4, -0.2) is 4.98 Å². The molecule has 0 bridgehead atoms. The Morgan fingerprint density at radius 2 is 2.00 bits per heavy atom. The van der Waals surface area contributed by atoms with Gasteiger partial charge in [0, 0.05) is 6.20 Å². The predicted molar refractivity (Wildman–Crippen MR) is 38.7 cm³/mol. The van der Waals surface area contributed by atoms with Gasteiger partial charge in [0.15, 0.2) is 0 Å². The first-order valence-electron chi connectivity index (χ1n) is 2.89. The molecule has 0 aliphatic carbocycles. The quantitative estimate of drug-likeness (QED) is 0.692. The van der Waals surface area contributed by atoms with Crippen LogP contribution in [0.1, 0.15) is 5.56 Å². The molecule has 0 aliphatic heterocycles. The SMILES string of the molecule is Nc1cc(C(F)(F)F)c(Cl)cn1. The first-order chi connectivity index (χ1) is 5.41. The molecular formula is C6H4ClF3N2. The summed E-state index contributed by atoms with van der Waals surface area (Å²) in [4.78, 5) is 3.40. The van der Waals surface area contributed by atoms with Crippen molar-refractivity contribution >= 4 is 17.4 Å². The zero-order chi connectivity index (χ0) is 9.35. The van der Waals surface area contributed by atoms with Crippen LogP contribution in [0.25, 0.3) is 0 Å².